The van der Waals surface area contributed by atoms with E-state index in [0.717, 1.165) is 28.8 Å². The van der Waals surface area contributed by atoms with Gasteiger partial charge in [-0.05, 0) is 37.7 Å². The molecule has 2 aliphatic rings. The van der Waals surface area contributed by atoms with Gasteiger partial charge in [0.2, 0.25) is 0 Å². The molecule has 0 fully saturated rings. The van der Waals surface area contributed by atoms with Crippen LogP contribution in [0.5, 0.6) is 0 Å². The fraction of sp³-hybridized carbons (Fsp3) is 0.412. The number of ether oxygens (including phenoxy) is 2. The molecule has 1 aromatic carbocycles. The van der Waals surface area contributed by atoms with Crippen LogP contribution in [0.25, 0.3) is 0 Å². The summed E-state index contributed by atoms with van der Waals surface area (Å²) in [5, 5.41) is 0.963. The number of fused-ring (bicyclic) bond motifs is 3. The highest BCUT2D eigenvalue weighted by molar-refractivity contribution is 8.14. The molecule has 1 aromatic rings. The molecule has 2 heterocycles. The van der Waals surface area contributed by atoms with Gasteiger partial charge >= 0.3 is 11.9 Å². The van der Waals surface area contributed by atoms with Gasteiger partial charge in [0.25, 0.3) is 0 Å². The second-order valence-corrected chi connectivity index (χ2v) is 6.31. The van der Waals surface area contributed by atoms with E-state index in [1.54, 1.807) is 25.6 Å². The number of rotatable bonds is 6. The number of hydrogen-bond donors (Lipinski definition) is 0. The molecule has 0 saturated heterocycles. The fourth-order valence-electron chi connectivity index (χ4n) is 2.63. The van der Waals surface area contributed by atoms with Gasteiger partial charge in [0.15, 0.2) is 11.1 Å². The lowest BCUT2D eigenvalue weighted by atomic mass is 10.1. The molecule has 0 bridgehead atoms. The van der Waals surface area contributed by atoms with Gasteiger partial charge in [0, 0.05) is 17.7 Å². The molecule has 0 N–H and O–H groups in total. The number of anilines is 1. The maximum absolute atomic E-state index is 12.0. The molecular weight excluding hydrogens is 342 g/mol. The smallest absolute Gasteiger partial charge is 0.325 e. The summed E-state index contributed by atoms with van der Waals surface area (Å²) in [5.41, 5.74) is 1.65. The van der Waals surface area contributed by atoms with Crippen LogP contribution in [0, 0.1) is 5.92 Å². The Bertz CT molecular complexity index is 729. The van der Waals surface area contributed by atoms with Gasteiger partial charge in [-0.2, -0.15) is 0 Å². The van der Waals surface area contributed by atoms with Crippen molar-refractivity contribution < 1.29 is 19.1 Å². The Kier molecular flexibility index (Phi) is 5.37. The minimum absolute atomic E-state index is 0.188. The Morgan fingerprint density at radius 3 is 2.72 bits per heavy atom. The average Bonchev–Trinajstić information content (AvgIpc) is 3.16. The number of thioether (sulfide) groups is 1. The van der Waals surface area contributed by atoms with Crippen LogP contribution < -0.4 is 4.90 Å². The third-order valence-corrected chi connectivity index (χ3v) is 4.78. The third kappa shape index (κ3) is 3.53. The Hall–Kier alpha value is -2.35. The van der Waals surface area contributed by atoms with Crippen LogP contribution in [-0.2, 0) is 19.1 Å². The largest absolute Gasteiger partial charge is 0.465 e. The second-order valence-electron chi connectivity index (χ2n) is 5.30. The number of amidine groups is 1. The molecule has 0 spiro atoms. The van der Waals surface area contributed by atoms with E-state index in [-0.39, 0.29) is 13.2 Å². The van der Waals surface area contributed by atoms with E-state index in [1.165, 1.54) is 6.21 Å². The Morgan fingerprint density at radius 2 is 2.04 bits per heavy atom. The number of para-hydroxylation sites is 1. The molecule has 8 heteroatoms. The van der Waals surface area contributed by atoms with Gasteiger partial charge in [-0.1, -0.05) is 6.07 Å². The quantitative estimate of drug-likeness (QED) is 0.440. The topological polar surface area (TPSA) is 80.6 Å². The predicted molar refractivity (Wildman–Crippen MR) is 96.9 cm³/mol. The molecule has 0 amide bonds. The molecule has 2 aliphatic heterocycles. The summed E-state index contributed by atoms with van der Waals surface area (Å²) in [5.74, 6) is -2.48. The normalized spacial score (nSPS) is 15.3. The third-order valence-electron chi connectivity index (χ3n) is 3.69. The van der Waals surface area contributed by atoms with Crippen molar-refractivity contribution >= 4 is 46.5 Å². The van der Waals surface area contributed by atoms with E-state index >= 15 is 0 Å². The fourth-order valence-corrected chi connectivity index (χ4v) is 3.73. The van der Waals surface area contributed by atoms with Crippen LogP contribution in [0.2, 0.25) is 0 Å². The van der Waals surface area contributed by atoms with Gasteiger partial charge in [0.1, 0.15) is 0 Å². The lowest BCUT2D eigenvalue weighted by molar-refractivity contribution is -0.157. The zero-order valence-corrected chi connectivity index (χ0v) is 14.9. The number of carbonyl (C=O) groups is 2. The molecule has 132 valence electrons. The predicted octanol–water partition coefficient (Wildman–Crippen LogP) is 2.41. The van der Waals surface area contributed by atoms with Crippen LogP contribution in [0.4, 0.5) is 11.4 Å². The first-order valence-corrected chi connectivity index (χ1v) is 8.97. The van der Waals surface area contributed by atoms with Gasteiger partial charge in [0.05, 0.1) is 31.1 Å². The molecule has 0 aromatic heterocycles. The number of nitrogens with zero attached hydrogens (tertiary/aromatic N) is 3. The SMILES string of the molecule is CCOC(=O)C(C=Nc1cccc2c1N1CCN=C1S2)C(=O)OCC. The van der Waals surface area contributed by atoms with Crippen LogP contribution >= 0.6 is 11.8 Å². The first kappa shape index (κ1) is 17.5. The van der Waals surface area contributed by atoms with Crippen molar-refractivity contribution in [1.82, 2.24) is 0 Å². The van der Waals surface area contributed by atoms with Crippen molar-refractivity contribution in [3.63, 3.8) is 0 Å². The van der Waals surface area contributed by atoms with Crippen LogP contribution in [0.1, 0.15) is 13.8 Å². The highest BCUT2D eigenvalue weighted by atomic mass is 32.2. The lowest BCUT2D eigenvalue weighted by Gasteiger charge is -2.15. The van der Waals surface area contributed by atoms with E-state index in [1.807, 2.05) is 18.2 Å². The Labute approximate surface area is 150 Å². The minimum Gasteiger partial charge on any atom is -0.465 e. The molecular formula is C17H19N3O4S. The molecule has 0 saturated carbocycles. The highest BCUT2D eigenvalue weighted by Gasteiger charge is 2.32. The zero-order valence-electron chi connectivity index (χ0n) is 14.1. The molecule has 0 unspecified atom stereocenters. The highest BCUT2D eigenvalue weighted by Crippen LogP contribution is 2.47. The first-order valence-electron chi connectivity index (χ1n) is 8.16. The summed E-state index contributed by atoms with van der Waals surface area (Å²) in [6.07, 6.45) is 1.31. The molecule has 0 radical (unpaired) electrons. The van der Waals surface area contributed by atoms with Crippen molar-refractivity contribution in [2.45, 2.75) is 18.7 Å². The number of esters is 2. The summed E-state index contributed by atoms with van der Waals surface area (Å²) >= 11 is 1.60. The maximum atomic E-state index is 12.0. The molecule has 0 aliphatic carbocycles. The van der Waals surface area contributed by atoms with Crippen molar-refractivity contribution in [3.05, 3.63) is 18.2 Å². The van der Waals surface area contributed by atoms with Crippen molar-refractivity contribution in [2.24, 2.45) is 15.9 Å². The van der Waals surface area contributed by atoms with Crippen molar-refractivity contribution in [3.8, 4) is 0 Å². The monoisotopic (exact) mass is 361 g/mol. The van der Waals surface area contributed by atoms with E-state index in [2.05, 4.69) is 14.9 Å². The Balaban J connectivity index is 1.87. The average molecular weight is 361 g/mol. The summed E-state index contributed by atoms with van der Waals surface area (Å²) in [4.78, 5) is 36.1. The van der Waals surface area contributed by atoms with E-state index < -0.39 is 17.9 Å². The molecule has 25 heavy (non-hydrogen) atoms. The number of aliphatic imine (C=N–C) groups is 2. The van der Waals surface area contributed by atoms with Crippen molar-refractivity contribution in [1.29, 1.82) is 0 Å². The second kappa shape index (κ2) is 7.69. The molecule has 7 nitrogen and oxygen atoms in total. The maximum Gasteiger partial charge on any atom is 0.325 e. The first-order chi connectivity index (χ1) is 12.2. The number of carbonyl (C=O) groups excluding carboxylic acids is 2. The number of hydrogen-bond acceptors (Lipinski definition) is 8. The van der Waals surface area contributed by atoms with Crippen molar-refractivity contribution in [2.75, 3.05) is 31.2 Å². The van der Waals surface area contributed by atoms with Gasteiger partial charge < -0.3 is 14.4 Å². The summed E-state index contributed by atoms with van der Waals surface area (Å²) < 4.78 is 9.91. The van der Waals surface area contributed by atoms with Crippen LogP contribution in [0.3, 0.4) is 0 Å². The molecule has 0 atom stereocenters. The van der Waals surface area contributed by atoms with Crippen LogP contribution in [0.15, 0.2) is 33.1 Å². The summed E-state index contributed by atoms with van der Waals surface area (Å²) in [7, 11) is 0. The summed E-state index contributed by atoms with van der Waals surface area (Å²) in [6.45, 7) is 5.32. The van der Waals surface area contributed by atoms with Gasteiger partial charge in [-0.3, -0.25) is 19.6 Å². The standard InChI is InChI=1S/C17H19N3O4S/c1-3-23-15(21)11(16(22)24-4-2)10-19-12-6-5-7-13-14(12)20-9-8-18-17(20)25-13/h5-7,10-11H,3-4,8-9H2,1-2H3. The van der Waals surface area contributed by atoms with Gasteiger partial charge in [-0.15, -0.1) is 0 Å². The lowest BCUT2D eigenvalue weighted by Crippen LogP contribution is -2.29. The van der Waals surface area contributed by atoms with E-state index in [0.29, 0.717) is 5.69 Å². The van der Waals surface area contributed by atoms with Gasteiger partial charge in [-0.25, -0.2) is 0 Å². The Morgan fingerprint density at radius 1 is 1.32 bits per heavy atom. The van der Waals surface area contributed by atoms with E-state index in [4.69, 9.17) is 9.47 Å². The van der Waals surface area contributed by atoms with E-state index in [9.17, 15) is 9.59 Å². The summed E-state index contributed by atoms with van der Waals surface area (Å²) in [6, 6.07) is 5.75. The van der Waals surface area contributed by atoms with Crippen LogP contribution in [-0.4, -0.2) is 49.6 Å². The number of benzene rings is 1. The molecule has 3 rings (SSSR count). The minimum atomic E-state index is -1.17. The zero-order chi connectivity index (χ0) is 17.8.